The lowest BCUT2D eigenvalue weighted by molar-refractivity contribution is -0.143. The van der Waals surface area contributed by atoms with Gasteiger partial charge in [0.1, 0.15) is 12.0 Å². The van der Waals surface area contributed by atoms with Crippen LogP contribution in [-0.2, 0) is 23.1 Å². The lowest BCUT2D eigenvalue weighted by atomic mass is 9.86. The summed E-state index contributed by atoms with van der Waals surface area (Å²) < 4.78 is 31.3. The molecule has 1 aromatic heterocycles. The number of carboxylic acid groups (broad SMARTS) is 1. The van der Waals surface area contributed by atoms with Crippen LogP contribution in [0.4, 0.5) is 14.5 Å². The predicted octanol–water partition coefficient (Wildman–Crippen LogP) is 4.94. The second-order valence-electron chi connectivity index (χ2n) is 11.1. The number of para-hydroxylation sites is 1. The molecule has 2 heterocycles. The van der Waals surface area contributed by atoms with Crippen molar-refractivity contribution in [3.63, 3.8) is 0 Å². The number of aromatic nitrogens is 1. The number of aliphatic carboxylic acids is 1. The predicted molar refractivity (Wildman–Crippen MR) is 152 cm³/mol. The number of fused-ring (bicyclic) bond motifs is 1. The van der Waals surface area contributed by atoms with E-state index in [1.165, 1.54) is 11.0 Å². The van der Waals surface area contributed by atoms with Gasteiger partial charge in [-0.1, -0.05) is 29.8 Å². The number of hydrogen-bond acceptors (Lipinski definition) is 4. The Morgan fingerprint density at radius 1 is 1.12 bits per heavy atom. The van der Waals surface area contributed by atoms with Crippen molar-refractivity contribution in [2.45, 2.75) is 56.8 Å². The molecule has 2 aliphatic rings. The Labute approximate surface area is 241 Å². The monoisotopic (exact) mass is 586 g/mol. The topological polar surface area (TPSA) is 104 Å². The average Bonchev–Trinajstić information content (AvgIpc) is 3.50. The molecular formula is C30H33ClF2N4O4. The molecule has 0 bridgehead atoms. The largest absolute Gasteiger partial charge is 0.481 e. The van der Waals surface area contributed by atoms with Crippen LogP contribution in [0.1, 0.15) is 48.0 Å². The van der Waals surface area contributed by atoms with E-state index in [-0.39, 0.29) is 53.7 Å². The van der Waals surface area contributed by atoms with Gasteiger partial charge in [0, 0.05) is 49.2 Å². The van der Waals surface area contributed by atoms with Crippen LogP contribution in [0, 0.1) is 11.7 Å². The number of carboxylic acids is 1. The molecule has 0 unspecified atom stereocenters. The first kappa shape index (κ1) is 29.0. The quantitative estimate of drug-likeness (QED) is 0.347. The van der Waals surface area contributed by atoms with Gasteiger partial charge in [0.05, 0.1) is 35.2 Å². The number of carbonyl (C=O) groups excluding carboxylic acids is 2. The van der Waals surface area contributed by atoms with Crippen LogP contribution in [-0.4, -0.2) is 63.7 Å². The molecule has 0 spiro atoms. The number of hydrogen-bond donors (Lipinski definition) is 3. The summed E-state index contributed by atoms with van der Waals surface area (Å²) in [4.78, 5) is 38.8. The summed E-state index contributed by atoms with van der Waals surface area (Å²) in [6.45, 7) is 0.322. The van der Waals surface area contributed by atoms with E-state index in [1.54, 1.807) is 6.20 Å². The number of carbonyl (C=O) groups is 3. The van der Waals surface area contributed by atoms with Crippen LogP contribution < -0.4 is 10.6 Å². The zero-order valence-corrected chi connectivity index (χ0v) is 23.5. The summed E-state index contributed by atoms with van der Waals surface area (Å²) in [5, 5.41) is 16.1. The molecule has 5 rings (SSSR count). The fourth-order valence-corrected chi connectivity index (χ4v) is 6.24. The minimum atomic E-state index is -1.17. The molecule has 3 N–H and O–H groups in total. The molecule has 1 saturated carbocycles. The fraction of sp³-hybridized carbons (Fsp3) is 0.433. The SMILES string of the molecule is Cn1cc(C(=O)Nc2cc(F)c(CC(=O)N3C[C@@H](F)C[C@H]3CN[C@H]3CC[C@H](C(=O)O)CC3)cc2Cl)c2ccccc21. The molecule has 2 fully saturated rings. The first-order valence-electron chi connectivity index (χ1n) is 13.8. The molecule has 218 valence electrons. The second-order valence-corrected chi connectivity index (χ2v) is 11.5. The Balaban J connectivity index is 1.21. The Morgan fingerprint density at radius 3 is 2.59 bits per heavy atom. The van der Waals surface area contributed by atoms with Crippen molar-refractivity contribution in [3.05, 3.63) is 64.6 Å². The van der Waals surface area contributed by atoms with Gasteiger partial charge in [-0.15, -0.1) is 0 Å². The van der Waals surface area contributed by atoms with Crippen LogP contribution in [0.15, 0.2) is 42.6 Å². The number of amides is 2. The van der Waals surface area contributed by atoms with E-state index in [0.29, 0.717) is 37.8 Å². The highest BCUT2D eigenvalue weighted by Crippen LogP contribution is 2.30. The molecule has 2 aromatic carbocycles. The number of likely N-dealkylation sites (tertiary alicyclic amines) is 1. The summed E-state index contributed by atoms with van der Waals surface area (Å²) in [6, 6.07) is 9.58. The number of halogens is 3. The molecule has 1 aliphatic heterocycles. The van der Waals surface area contributed by atoms with Crippen LogP contribution >= 0.6 is 11.6 Å². The molecule has 11 heteroatoms. The number of anilines is 1. The van der Waals surface area contributed by atoms with E-state index in [9.17, 15) is 23.9 Å². The van der Waals surface area contributed by atoms with E-state index in [0.717, 1.165) is 17.0 Å². The van der Waals surface area contributed by atoms with Crippen molar-refractivity contribution >= 4 is 46.0 Å². The second kappa shape index (κ2) is 12.2. The maximum atomic E-state index is 15.1. The Morgan fingerprint density at radius 2 is 1.85 bits per heavy atom. The smallest absolute Gasteiger partial charge is 0.306 e. The van der Waals surface area contributed by atoms with E-state index in [4.69, 9.17) is 11.6 Å². The van der Waals surface area contributed by atoms with Crippen LogP contribution in [0.3, 0.4) is 0 Å². The molecule has 2 amide bonds. The third-order valence-corrected chi connectivity index (χ3v) is 8.58. The van der Waals surface area contributed by atoms with E-state index in [2.05, 4.69) is 10.6 Å². The molecule has 2 atom stereocenters. The molecule has 41 heavy (non-hydrogen) atoms. The first-order chi connectivity index (χ1) is 19.6. The summed E-state index contributed by atoms with van der Waals surface area (Å²) in [5.41, 5.74) is 1.44. The Kier molecular flexibility index (Phi) is 8.60. The van der Waals surface area contributed by atoms with Crippen molar-refractivity contribution in [3.8, 4) is 0 Å². The van der Waals surface area contributed by atoms with Crippen molar-refractivity contribution < 1.29 is 28.3 Å². The molecular weight excluding hydrogens is 554 g/mol. The fourth-order valence-electron chi connectivity index (χ4n) is 6.00. The third-order valence-electron chi connectivity index (χ3n) is 8.27. The van der Waals surface area contributed by atoms with Crippen molar-refractivity contribution in [2.75, 3.05) is 18.4 Å². The van der Waals surface area contributed by atoms with Gasteiger partial charge >= 0.3 is 5.97 Å². The van der Waals surface area contributed by atoms with Gasteiger partial charge in [-0.3, -0.25) is 14.4 Å². The highest BCUT2D eigenvalue weighted by molar-refractivity contribution is 6.34. The number of aryl methyl sites for hydroxylation is 1. The number of rotatable bonds is 8. The van der Waals surface area contributed by atoms with Gasteiger partial charge in [-0.05, 0) is 49.4 Å². The van der Waals surface area contributed by atoms with Crippen molar-refractivity contribution in [1.82, 2.24) is 14.8 Å². The third kappa shape index (κ3) is 6.38. The molecule has 3 aromatic rings. The maximum Gasteiger partial charge on any atom is 0.306 e. The minimum Gasteiger partial charge on any atom is -0.481 e. The van der Waals surface area contributed by atoms with E-state index >= 15 is 4.39 Å². The Bertz CT molecular complexity index is 1470. The van der Waals surface area contributed by atoms with Gasteiger partial charge in [-0.25, -0.2) is 8.78 Å². The normalized spacial score (nSPS) is 22.7. The molecule has 1 saturated heterocycles. The van der Waals surface area contributed by atoms with Gasteiger partial charge in [-0.2, -0.15) is 0 Å². The summed E-state index contributed by atoms with van der Waals surface area (Å²) in [5.74, 6) is -2.65. The molecule has 8 nitrogen and oxygen atoms in total. The summed E-state index contributed by atoms with van der Waals surface area (Å²) in [6.07, 6.45) is 3.01. The van der Waals surface area contributed by atoms with Crippen LogP contribution in [0.5, 0.6) is 0 Å². The molecule has 0 radical (unpaired) electrons. The highest BCUT2D eigenvalue weighted by atomic mass is 35.5. The lowest BCUT2D eigenvalue weighted by Crippen LogP contribution is -2.45. The Hall–Kier alpha value is -3.50. The van der Waals surface area contributed by atoms with Crippen molar-refractivity contribution in [2.24, 2.45) is 13.0 Å². The van der Waals surface area contributed by atoms with Crippen LogP contribution in [0.2, 0.25) is 5.02 Å². The molecule has 1 aliphatic carbocycles. The van der Waals surface area contributed by atoms with Crippen molar-refractivity contribution in [1.29, 1.82) is 0 Å². The van der Waals surface area contributed by atoms with Gasteiger partial charge in [0.2, 0.25) is 5.91 Å². The standard InChI is InChI=1S/C30H33ClF2N4O4/c1-36-16-23(22-4-2-3-5-27(22)36)29(39)35-26-13-25(33)18(10-24(26)31)11-28(38)37-15-19(32)12-21(37)14-34-20-8-6-17(7-9-20)30(40)41/h2-5,10,13,16-17,19-21,34H,6-9,11-12,14-15H2,1H3,(H,35,39)(H,40,41)/t17-,19-,20-,21-/m0/s1. The average molecular weight is 587 g/mol. The zero-order chi connectivity index (χ0) is 29.3. The number of alkyl halides is 1. The summed E-state index contributed by atoms with van der Waals surface area (Å²) >= 11 is 6.40. The minimum absolute atomic E-state index is 0.0594. The van der Waals surface area contributed by atoms with Gasteiger partial charge in [0.25, 0.3) is 5.91 Å². The van der Waals surface area contributed by atoms with E-state index < -0.39 is 29.8 Å². The summed E-state index contributed by atoms with van der Waals surface area (Å²) in [7, 11) is 1.83. The van der Waals surface area contributed by atoms with Gasteiger partial charge < -0.3 is 25.2 Å². The maximum absolute atomic E-state index is 15.1. The van der Waals surface area contributed by atoms with E-state index in [1.807, 2.05) is 35.9 Å². The number of nitrogens with one attached hydrogen (secondary N) is 2. The highest BCUT2D eigenvalue weighted by Gasteiger charge is 2.36. The number of nitrogens with zero attached hydrogens (tertiary/aromatic N) is 2. The first-order valence-corrected chi connectivity index (χ1v) is 14.2. The lowest BCUT2D eigenvalue weighted by Gasteiger charge is -2.30. The zero-order valence-electron chi connectivity index (χ0n) is 22.7. The van der Waals surface area contributed by atoms with Crippen LogP contribution in [0.25, 0.3) is 10.9 Å². The van der Waals surface area contributed by atoms with Gasteiger partial charge in [0.15, 0.2) is 0 Å². The number of benzene rings is 2.